The van der Waals surface area contributed by atoms with Gasteiger partial charge in [0.25, 0.3) is 0 Å². The molecule has 1 aliphatic rings. The SMILES string of the molecule is CN=C(C)c1cc(C)c2oc(CN3CC(C(=O)O)C3)cc2c1. The van der Waals surface area contributed by atoms with E-state index in [1.165, 1.54) is 0 Å². The fraction of sp³-hybridized carbons (Fsp3) is 0.412. The lowest BCUT2D eigenvalue weighted by atomic mass is 10.0. The summed E-state index contributed by atoms with van der Waals surface area (Å²) in [5.41, 5.74) is 4.10. The van der Waals surface area contributed by atoms with Crippen LogP contribution < -0.4 is 0 Å². The number of fused-ring (bicyclic) bond motifs is 1. The Kier molecular flexibility index (Phi) is 3.74. The lowest BCUT2D eigenvalue weighted by Gasteiger charge is -2.35. The Morgan fingerprint density at radius 2 is 2.14 bits per heavy atom. The number of hydrogen-bond acceptors (Lipinski definition) is 4. The number of nitrogens with zero attached hydrogens (tertiary/aromatic N) is 2. The average Bonchev–Trinajstić information content (AvgIpc) is 2.84. The molecule has 0 unspecified atom stereocenters. The summed E-state index contributed by atoms with van der Waals surface area (Å²) in [5, 5.41) is 9.98. The van der Waals surface area contributed by atoms with E-state index in [0.717, 1.165) is 33.6 Å². The molecule has 1 aliphatic heterocycles. The number of benzene rings is 1. The second-order valence-electron chi connectivity index (χ2n) is 5.96. The van der Waals surface area contributed by atoms with Crippen LogP contribution in [0.1, 0.15) is 23.8 Å². The van der Waals surface area contributed by atoms with Crippen molar-refractivity contribution in [3.05, 3.63) is 35.1 Å². The molecule has 0 saturated carbocycles. The highest BCUT2D eigenvalue weighted by Crippen LogP contribution is 2.27. The van der Waals surface area contributed by atoms with Crippen LogP contribution in [0.25, 0.3) is 11.0 Å². The van der Waals surface area contributed by atoms with Gasteiger partial charge in [0.05, 0.1) is 12.5 Å². The van der Waals surface area contributed by atoms with E-state index in [9.17, 15) is 4.79 Å². The third-order valence-electron chi connectivity index (χ3n) is 4.29. The van der Waals surface area contributed by atoms with Crippen LogP contribution >= 0.6 is 0 Å². The Labute approximate surface area is 129 Å². The largest absolute Gasteiger partial charge is 0.481 e. The minimum absolute atomic E-state index is 0.235. The molecule has 5 heteroatoms. The standard InChI is InChI=1S/C17H20N2O3/c1-10-4-12(11(2)18-3)5-13-6-15(22-16(10)13)9-19-7-14(8-19)17(20)21/h4-6,14H,7-9H2,1-3H3,(H,20,21). The van der Waals surface area contributed by atoms with Crippen LogP contribution in [0.2, 0.25) is 0 Å². The van der Waals surface area contributed by atoms with Crippen LogP contribution in [0.5, 0.6) is 0 Å². The molecule has 1 aromatic heterocycles. The molecule has 1 aromatic carbocycles. The first-order chi connectivity index (χ1) is 10.5. The van der Waals surface area contributed by atoms with E-state index in [-0.39, 0.29) is 5.92 Å². The summed E-state index contributed by atoms with van der Waals surface area (Å²) in [7, 11) is 1.79. The van der Waals surface area contributed by atoms with Crippen molar-refractivity contribution in [1.29, 1.82) is 0 Å². The molecule has 3 rings (SSSR count). The van der Waals surface area contributed by atoms with E-state index in [2.05, 4.69) is 22.0 Å². The maximum absolute atomic E-state index is 10.8. The van der Waals surface area contributed by atoms with E-state index in [4.69, 9.17) is 9.52 Å². The third kappa shape index (κ3) is 2.64. The Bertz CT molecular complexity index is 755. The number of carboxylic acids is 1. The summed E-state index contributed by atoms with van der Waals surface area (Å²) >= 11 is 0. The minimum atomic E-state index is -0.712. The second-order valence-corrected chi connectivity index (χ2v) is 5.96. The number of carboxylic acid groups (broad SMARTS) is 1. The summed E-state index contributed by atoms with van der Waals surface area (Å²) in [6.45, 7) is 5.88. The van der Waals surface area contributed by atoms with Crippen molar-refractivity contribution in [2.45, 2.75) is 20.4 Å². The van der Waals surface area contributed by atoms with Crippen molar-refractivity contribution in [2.75, 3.05) is 20.1 Å². The Morgan fingerprint density at radius 3 is 2.77 bits per heavy atom. The molecule has 0 atom stereocenters. The minimum Gasteiger partial charge on any atom is -0.481 e. The molecule has 2 aromatic rings. The van der Waals surface area contributed by atoms with Crippen LogP contribution in [0.15, 0.2) is 27.6 Å². The monoisotopic (exact) mass is 300 g/mol. The van der Waals surface area contributed by atoms with E-state index in [1.54, 1.807) is 7.05 Å². The van der Waals surface area contributed by atoms with Gasteiger partial charge < -0.3 is 9.52 Å². The molecule has 1 saturated heterocycles. The van der Waals surface area contributed by atoms with Gasteiger partial charge in [-0.2, -0.15) is 0 Å². The van der Waals surface area contributed by atoms with Gasteiger partial charge in [-0.3, -0.25) is 14.7 Å². The molecule has 1 N–H and O–H groups in total. The van der Waals surface area contributed by atoms with Gasteiger partial charge in [-0.05, 0) is 43.2 Å². The number of rotatable bonds is 4. The van der Waals surface area contributed by atoms with Crippen molar-refractivity contribution >= 4 is 22.7 Å². The molecule has 1 fully saturated rings. The van der Waals surface area contributed by atoms with Gasteiger partial charge in [0, 0.05) is 31.2 Å². The summed E-state index contributed by atoms with van der Waals surface area (Å²) in [4.78, 5) is 17.2. The zero-order chi connectivity index (χ0) is 15.9. The fourth-order valence-corrected chi connectivity index (χ4v) is 2.87. The van der Waals surface area contributed by atoms with Crippen LogP contribution in [0.3, 0.4) is 0 Å². The fourth-order valence-electron chi connectivity index (χ4n) is 2.87. The third-order valence-corrected chi connectivity index (χ3v) is 4.29. The van der Waals surface area contributed by atoms with E-state index in [1.807, 2.05) is 19.9 Å². The van der Waals surface area contributed by atoms with Crippen molar-refractivity contribution < 1.29 is 14.3 Å². The van der Waals surface area contributed by atoms with E-state index < -0.39 is 5.97 Å². The molecule has 22 heavy (non-hydrogen) atoms. The molecule has 0 radical (unpaired) electrons. The Hall–Kier alpha value is -2.14. The predicted octanol–water partition coefficient (Wildman–Crippen LogP) is 2.70. The summed E-state index contributed by atoms with van der Waals surface area (Å²) in [6.07, 6.45) is 0. The molecular weight excluding hydrogens is 280 g/mol. The highest BCUT2D eigenvalue weighted by atomic mass is 16.4. The van der Waals surface area contributed by atoms with Crippen molar-refractivity contribution in [3.63, 3.8) is 0 Å². The maximum atomic E-state index is 10.8. The van der Waals surface area contributed by atoms with Gasteiger partial charge in [0.1, 0.15) is 11.3 Å². The quantitative estimate of drug-likeness (QED) is 0.882. The second kappa shape index (κ2) is 5.57. The maximum Gasteiger partial charge on any atom is 0.309 e. The van der Waals surface area contributed by atoms with Crippen molar-refractivity contribution in [2.24, 2.45) is 10.9 Å². The first kappa shape index (κ1) is 14.8. The van der Waals surface area contributed by atoms with Gasteiger partial charge in [-0.25, -0.2) is 0 Å². The molecule has 0 bridgehead atoms. The number of carbonyl (C=O) groups is 1. The Balaban J connectivity index is 1.81. The van der Waals surface area contributed by atoms with Gasteiger partial charge in [-0.1, -0.05) is 0 Å². The molecule has 5 nitrogen and oxygen atoms in total. The summed E-state index contributed by atoms with van der Waals surface area (Å²) < 4.78 is 5.94. The lowest BCUT2D eigenvalue weighted by Crippen LogP contribution is -2.49. The van der Waals surface area contributed by atoms with Crippen LogP contribution in [0.4, 0.5) is 0 Å². The molecule has 116 valence electrons. The van der Waals surface area contributed by atoms with E-state index >= 15 is 0 Å². The number of likely N-dealkylation sites (tertiary alicyclic amines) is 1. The van der Waals surface area contributed by atoms with Crippen LogP contribution in [0, 0.1) is 12.8 Å². The highest BCUT2D eigenvalue weighted by molar-refractivity contribution is 6.02. The lowest BCUT2D eigenvalue weighted by molar-refractivity contribution is -0.147. The normalized spacial score (nSPS) is 17.0. The zero-order valence-electron chi connectivity index (χ0n) is 13.1. The molecular formula is C17H20N2O3. The van der Waals surface area contributed by atoms with Gasteiger partial charge in [0.15, 0.2) is 0 Å². The summed E-state index contributed by atoms with van der Waals surface area (Å²) in [5.74, 6) is -0.0676. The predicted molar refractivity (Wildman–Crippen MR) is 85.5 cm³/mol. The average molecular weight is 300 g/mol. The van der Waals surface area contributed by atoms with Gasteiger partial charge >= 0.3 is 5.97 Å². The number of hydrogen-bond donors (Lipinski definition) is 1. The highest BCUT2D eigenvalue weighted by Gasteiger charge is 2.32. The number of furan rings is 1. The number of aliphatic carboxylic acids is 1. The number of aryl methyl sites for hydroxylation is 1. The molecule has 0 amide bonds. The van der Waals surface area contributed by atoms with Crippen LogP contribution in [-0.2, 0) is 11.3 Å². The van der Waals surface area contributed by atoms with Gasteiger partial charge in [0.2, 0.25) is 0 Å². The van der Waals surface area contributed by atoms with Gasteiger partial charge in [-0.15, -0.1) is 0 Å². The summed E-state index contributed by atoms with van der Waals surface area (Å²) in [6, 6.07) is 6.22. The molecule has 0 spiro atoms. The topological polar surface area (TPSA) is 66.0 Å². The molecule has 2 heterocycles. The van der Waals surface area contributed by atoms with E-state index in [0.29, 0.717) is 19.6 Å². The smallest absolute Gasteiger partial charge is 0.309 e. The van der Waals surface area contributed by atoms with Crippen LogP contribution in [-0.4, -0.2) is 41.8 Å². The zero-order valence-corrected chi connectivity index (χ0v) is 13.1. The van der Waals surface area contributed by atoms with Crippen molar-refractivity contribution in [3.8, 4) is 0 Å². The first-order valence-electron chi connectivity index (χ1n) is 7.40. The molecule has 0 aliphatic carbocycles. The number of aliphatic imine (C=N–C) groups is 1. The first-order valence-corrected chi connectivity index (χ1v) is 7.40. The Morgan fingerprint density at radius 1 is 1.41 bits per heavy atom. The van der Waals surface area contributed by atoms with Crippen molar-refractivity contribution in [1.82, 2.24) is 4.90 Å².